The SMILES string of the molecule is CN(c1ccc(C#N)cc1)c1ccc(C(=O)O)cc1F. The third-order valence-electron chi connectivity index (χ3n) is 2.94. The number of carboxylic acid groups (broad SMARTS) is 1. The van der Waals surface area contributed by atoms with Crippen molar-refractivity contribution in [1.29, 1.82) is 5.26 Å². The molecule has 2 aromatic carbocycles. The highest BCUT2D eigenvalue weighted by Gasteiger charge is 2.12. The first-order valence-electron chi connectivity index (χ1n) is 5.79. The standard InChI is InChI=1S/C15H11FN2O2/c1-18(12-5-2-10(9-17)3-6-12)14-7-4-11(15(19)20)8-13(14)16/h2-8H,1H3,(H,19,20). The maximum absolute atomic E-state index is 13.9. The van der Waals surface area contributed by atoms with Crippen molar-refractivity contribution in [2.45, 2.75) is 0 Å². The molecular weight excluding hydrogens is 259 g/mol. The molecule has 0 saturated heterocycles. The molecule has 2 rings (SSSR count). The van der Waals surface area contributed by atoms with Crippen LogP contribution in [-0.4, -0.2) is 18.1 Å². The first-order chi connectivity index (χ1) is 9.52. The molecule has 0 atom stereocenters. The van der Waals surface area contributed by atoms with Gasteiger partial charge in [0.2, 0.25) is 0 Å². The second-order valence-corrected chi connectivity index (χ2v) is 4.19. The van der Waals surface area contributed by atoms with E-state index in [9.17, 15) is 9.18 Å². The Morgan fingerprint density at radius 2 is 1.90 bits per heavy atom. The Hall–Kier alpha value is -2.87. The normalized spacial score (nSPS) is 9.85. The van der Waals surface area contributed by atoms with E-state index in [-0.39, 0.29) is 11.3 Å². The first-order valence-corrected chi connectivity index (χ1v) is 5.79. The Balaban J connectivity index is 2.35. The molecule has 0 aliphatic heterocycles. The molecule has 1 N–H and O–H groups in total. The number of carboxylic acids is 1. The molecule has 4 nitrogen and oxygen atoms in total. The molecule has 0 amide bonds. The van der Waals surface area contributed by atoms with Crippen molar-refractivity contribution in [1.82, 2.24) is 0 Å². The van der Waals surface area contributed by atoms with Crippen molar-refractivity contribution < 1.29 is 14.3 Å². The number of anilines is 2. The van der Waals surface area contributed by atoms with E-state index in [4.69, 9.17) is 10.4 Å². The minimum Gasteiger partial charge on any atom is -0.478 e. The average Bonchev–Trinajstić information content (AvgIpc) is 2.46. The van der Waals surface area contributed by atoms with Crippen molar-refractivity contribution >= 4 is 17.3 Å². The summed E-state index contributed by atoms with van der Waals surface area (Å²) < 4.78 is 13.9. The lowest BCUT2D eigenvalue weighted by Gasteiger charge is -2.20. The molecule has 0 fully saturated rings. The number of benzene rings is 2. The van der Waals surface area contributed by atoms with Crippen molar-refractivity contribution in [3.05, 3.63) is 59.4 Å². The van der Waals surface area contributed by atoms with Gasteiger partial charge in [-0.15, -0.1) is 0 Å². The van der Waals surface area contributed by atoms with Gasteiger partial charge in [0.1, 0.15) is 5.82 Å². The summed E-state index contributed by atoms with van der Waals surface area (Å²) in [7, 11) is 1.67. The van der Waals surface area contributed by atoms with E-state index >= 15 is 0 Å². The summed E-state index contributed by atoms with van der Waals surface area (Å²) in [5.41, 5.74) is 1.38. The summed E-state index contributed by atoms with van der Waals surface area (Å²) in [6.45, 7) is 0. The number of nitriles is 1. The summed E-state index contributed by atoms with van der Waals surface area (Å²) in [5.74, 6) is -1.78. The Labute approximate surface area is 115 Å². The minimum absolute atomic E-state index is 0.0977. The van der Waals surface area contributed by atoms with Crippen LogP contribution < -0.4 is 4.90 Å². The van der Waals surface area contributed by atoms with Crippen molar-refractivity contribution in [3.63, 3.8) is 0 Å². The van der Waals surface area contributed by atoms with Gasteiger partial charge in [0.05, 0.1) is 22.9 Å². The number of hydrogen-bond acceptors (Lipinski definition) is 3. The lowest BCUT2D eigenvalue weighted by atomic mass is 10.1. The fraction of sp³-hybridized carbons (Fsp3) is 0.0667. The van der Waals surface area contributed by atoms with Crippen molar-refractivity contribution in [2.24, 2.45) is 0 Å². The molecule has 0 aliphatic carbocycles. The smallest absolute Gasteiger partial charge is 0.335 e. The van der Waals surface area contributed by atoms with Gasteiger partial charge in [0, 0.05) is 12.7 Å². The molecular formula is C15H11FN2O2. The fourth-order valence-corrected chi connectivity index (χ4v) is 1.81. The first kappa shape index (κ1) is 13.6. The van der Waals surface area contributed by atoms with Gasteiger partial charge in [0.25, 0.3) is 0 Å². The minimum atomic E-state index is -1.17. The number of carbonyl (C=O) groups is 1. The molecule has 0 unspecified atom stereocenters. The lowest BCUT2D eigenvalue weighted by molar-refractivity contribution is 0.0696. The summed E-state index contributed by atoms with van der Waals surface area (Å²) >= 11 is 0. The van der Waals surface area contributed by atoms with Crippen LogP contribution in [0.3, 0.4) is 0 Å². The molecule has 100 valence electrons. The predicted octanol–water partition coefficient (Wildman–Crippen LogP) is 3.16. The Morgan fingerprint density at radius 3 is 2.40 bits per heavy atom. The molecule has 0 saturated carbocycles. The van der Waals surface area contributed by atoms with Gasteiger partial charge in [-0.1, -0.05) is 0 Å². The number of hydrogen-bond donors (Lipinski definition) is 1. The molecule has 0 aliphatic rings. The van der Waals surface area contributed by atoms with Crippen LogP contribution in [0.15, 0.2) is 42.5 Å². The fourth-order valence-electron chi connectivity index (χ4n) is 1.81. The maximum Gasteiger partial charge on any atom is 0.335 e. The number of rotatable bonds is 3. The maximum atomic E-state index is 13.9. The number of halogens is 1. The second-order valence-electron chi connectivity index (χ2n) is 4.19. The molecule has 20 heavy (non-hydrogen) atoms. The van der Waals surface area contributed by atoms with E-state index in [1.165, 1.54) is 12.1 Å². The van der Waals surface area contributed by atoms with Gasteiger partial charge in [-0.25, -0.2) is 9.18 Å². The number of aromatic carboxylic acids is 1. The Bertz CT molecular complexity index is 690. The highest BCUT2D eigenvalue weighted by Crippen LogP contribution is 2.27. The third-order valence-corrected chi connectivity index (χ3v) is 2.94. The van der Waals surface area contributed by atoms with Crippen LogP contribution in [0.2, 0.25) is 0 Å². The van der Waals surface area contributed by atoms with E-state index in [0.717, 1.165) is 6.07 Å². The topological polar surface area (TPSA) is 64.3 Å². The average molecular weight is 270 g/mol. The quantitative estimate of drug-likeness (QED) is 0.930. The van der Waals surface area contributed by atoms with Crippen molar-refractivity contribution in [3.8, 4) is 6.07 Å². The van der Waals surface area contributed by atoms with Gasteiger partial charge in [-0.05, 0) is 42.5 Å². The van der Waals surface area contributed by atoms with Gasteiger partial charge < -0.3 is 10.0 Å². The molecule has 0 bridgehead atoms. The van der Waals surface area contributed by atoms with Crippen LogP contribution in [0.5, 0.6) is 0 Å². The van der Waals surface area contributed by atoms with E-state index < -0.39 is 11.8 Å². The van der Waals surface area contributed by atoms with Gasteiger partial charge >= 0.3 is 5.97 Å². The summed E-state index contributed by atoms with van der Waals surface area (Å²) in [6, 6.07) is 12.4. The van der Waals surface area contributed by atoms with Crippen LogP contribution >= 0.6 is 0 Å². The number of nitrogens with zero attached hydrogens (tertiary/aromatic N) is 2. The van der Waals surface area contributed by atoms with E-state index in [1.54, 1.807) is 36.2 Å². The lowest BCUT2D eigenvalue weighted by Crippen LogP contribution is -2.12. The monoisotopic (exact) mass is 270 g/mol. The van der Waals surface area contributed by atoms with Crippen LogP contribution in [0.25, 0.3) is 0 Å². The molecule has 0 spiro atoms. The van der Waals surface area contributed by atoms with E-state index in [0.29, 0.717) is 11.3 Å². The summed E-state index contributed by atoms with van der Waals surface area (Å²) in [5, 5.41) is 17.5. The van der Waals surface area contributed by atoms with Crippen LogP contribution in [0.1, 0.15) is 15.9 Å². The Kier molecular flexibility index (Phi) is 3.67. The van der Waals surface area contributed by atoms with E-state index in [2.05, 4.69) is 0 Å². The zero-order chi connectivity index (χ0) is 14.7. The van der Waals surface area contributed by atoms with Crippen LogP contribution in [0.4, 0.5) is 15.8 Å². The molecule has 5 heteroatoms. The van der Waals surface area contributed by atoms with Gasteiger partial charge in [-0.3, -0.25) is 0 Å². The summed E-state index contributed by atoms with van der Waals surface area (Å²) in [6.07, 6.45) is 0. The predicted molar refractivity (Wildman–Crippen MR) is 72.6 cm³/mol. The largest absolute Gasteiger partial charge is 0.478 e. The zero-order valence-corrected chi connectivity index (χ0v) is 10.7. The van der Waals surface area contributed by atoms with Gasteiger partial charge in [-0.2, -0.15) is 5.26 Å². The highest BCUT2D eigenvalue weighted by atomic mass is 19.1. The highest BCUT2D eigenvalue weighted by molar-refractivity contribution is 5.88. The molecule has 0 radical (unpaired) electrons. The van der Waals surface area contributed by atoms with Crippen LogP contribution in [0, 0.1) is 17.1 Å². The third kappa shape index (κ3) is 2.59. The molecule has 2 aromatic rings. The van der Waals surface area contributed by atoms with Crippen LogP contribution in [-0.2, 0) is 0 Å². The van der Waals surface area contributed by atoms with E-state index in [1.807, 2.05) is 6.07 Å². The zero-order valence-electron chi connectivity index (χ0n) is 10.7. The summed E-state index contributed by atoms with van der Waals surface area (Å²) in [4.78, 5) is 12.3. The molecule has 0 heterocycles. The Morgan fingerprint density at radius 1 is 1.25 bits per heavy atom. The molecule has 0 aromatic heterocycles. The van der Waals surface area contributed by atoms with Gasteiger partial charge in [0.15, 0.2) is 0 Å². The second kappa shape index (κ2) is 5.41. The van der Waals surface area contributed by atoms with Crippen molar-refractivity contribution in [2.75, 3.05) is 11.9 Å².